The van der Waals surface area contributed by atoms with Crippen LogP contribution in [0.15, 0.2) is 36.4 Å². The molecule has 7 atom stereocenters. The number of methoxy groups -OCH3 is 1. The Kier molecular flexibility index (Phi) is 11.7. The molecule has 3 heterocycles. The van der Waals surface area contributed by atoms with Crippen LogP contribution < -0.4 is 14.4 Å². The van der Waals surface area contributed by atoms with Crippen molar-refractivity contribution >= 4 is 44.7 Å². The van der Waals surface area contributed by atoms with Crippen LogP contribution >= 0.6 is 11.6 Å². The molecule has 2 fully saturated rings. The van der Waals surface area contributed by atoms with Gasteiger partial charge in [-0.25, -0.2) is 4.21 Å². The Balaban J connectivity index is 1.22. The number of carbonyl (C=O) groups excluding carboxylic acids is 2. The molecule has 2 bridgehead atoms. The summed E-state index contributed by atoms with van der Waals surface area (Å²) in [6.45, 7) is 10.9. The molecule has 1 saturated heterocycles. The van der Waals surface area contributed by atoms with Crippen LogP contribution in [-0.4, -0.2) is 103 Å². The Labute approximate surface area is 322 Å². The molecule has 290 valence electrons. The first-order valence-corrected chi connectivity index (χ1v) is 22.1. The van der Waals surface area contributed by atoms with E-state index in [0.29, 0.717) is 49.5 Å². The van der Waals surface area contributed by atoms with E-state index >= 15 is 0 Å². The molecule has 9 nitrogen and oxygen atoms in total. The van der Waals surface area contributed by atoms with Crippen molar-refractivity contribution in [3.8, 4) is 5.75 Å². The average Bonchev–Trinajstić information content (AvgIpc) is 3.39. The number of carbonyl (C=O) groups is 2. The lowest BCUT2D eigenvalue weighted by Gasteiger charge is -2.47. The normalized spacial score (nSPS) is 32.8. The van der Waals surface area contributed by atoms with Gasteiger partial charge in [-0.3, -0.25) is 14.3 Å². The number of nitrogens with one attached hydrogen (secondary N) is 1. The van der Waals surface area contributed by atoms with Gasteiger partial charge in [0.25, 0.3) is 5.91 Å². The summed E-state index contributed by atoms with van der Waals surface area (Å²) in [4.78, 5) is 33.8. The van der Waals surface area contributed by atoms with Gasteiger partial charge in [0.1, 0.15) is 5.75 Å². The van der Waals surface area contributed by atoms with E-state index in [9.17, 15) is 13.8 Å². The molecule has 2 aliphatic carbocycles. The number of rotatable bonds is 5. The summed E-state index contributed by atoms with van der Waals surface area (Å²) < 4.78 is 28.9. The lowest BCUT2D eigenvalue weighted by atomic mass is 9.65. The van der Waals surface area contributed by atoms with Gasteiger partial charge in [-0.2, -0.15) is 0 Å². The first-order chi connectivity index (χ1) is 25.5. The van der Waals surface area contributed by atoms with Gasteiger partial charge in [-0.1, -0.05) is 31.0 Å². The highest BCUT2D eigenvalue weighted by Gasteiger charge is 2.45. The molecule has 1 spiro atoms. The molecule has 0 aromatic heterocycles. The van der Waals surface area contributed by atoms with Gasteiger partial charge in [0.05, 0.1) is 28.6 Å². The van der Waals surface area contributed by atoms with Gasteiger partial charge < -0.3 is 24.2 Å². The van der Waals surface area contributed by atoms with Crippen LogP contribution in [0.25, 0.3) is 0 Å². The number of benzene rings is 2. The maximum atomic E-state index is 14.0. The summed E-state index contributed by atoms with van der Waals surface area (Å²) in [5.74, 6) is 6.43. The van der Waals surface area contributed by atoms with Gasteiger partial charge in [0.15, 0.2) is 0 Å². The zero-order valence-corrected chi connectivity index (χ0v) is 33.5. The first kappa shape index (κ1) is 38.5. The van der Waals surface area contributed by atoms with Crippen molar-refractivity contribution in [1.29, 1.82) is 0 Å². The van der Waals surface area contributed by atoms with E-state index in [-0.39, 0.29) is 28.4 Å². The summed E-state index contributed by atoms with van der Waals surface area (Å²) in [5, 5.41) is 0.495. The van der Waals surface area contributed by atoms with E-state index in [1.165, 1.54) is 24.0 Å². The standard InChI is InChI=1S/C42H59ClN4O5S/c1-29-7-5-8-33(25-45-18-16-40(48)46(20-19-45)21-22-51-3)36-13-10-34(36)26-47-27-42(17-6-9-31-23-35(43)12-14-37(31)42)28-52-39-15-11-32(24-38(39)47)41(49)44-53(4,50)30(29)2/h11-12,14-15,23-24,29-30,33-34,36H,4-10,13,16-22,25-28H2,1-3H3,(H,44,49,50)/t29-,30+,33-,34-,36-,42-,53?/m0/s1. The second-order valence-corrected chi connectivity index (χ2v) is 19.6. The van der Waals surface area contributed by atoms with Crippen LogP contribution in [0.4, 0.5) is 5.69 Å². The first-order valence-electron chi connectivity index (χ1n) is 19.9. The highest BCUT2D eigenvalue weighted by atomic mass is 35.5. The zero-order valence-electron chi connectivity index (χ0n) is 32.0. The van der Waals surface area contributed by atoms with E-state index in [1.54, 1.807) is 13.2 Å². The molecular weight excluding hydrogens is 708 g/mol. The number of halogens is 1. The highest BCUT2D eigenvalue weighted by Crippen LogP contribution is 2.48. The molecule has 53 heavy (non-hydrogen) atoms. The van der Waals surface area contributed by atoms with E-state index in [0.717, 1.165) is 94.3 Å². The number of ether oxygens (including phenoxy) is 2. The summed E-state index contributed by atoms with van der Waals surface area (Å²) in [5.41, 5.74) is 3.83. The Bertz CT molecular complexity index is 1770. The molecule has 2 aromatic carbocycles. The van der Waals surface area contributed by atoms with E-state index < -0.39 is 9.71 Å². The van der Waals surface area contributed by atoms with Gasteiger partial charge in [0, 0.05) is 80.6 Å². The molecule has 11 heteroatoms. The molecule has 2 aromatic rings. The fraction of sp³-hybridized carbons (Fsp3) is 0.643. The van der Waals surface area contributed by atoms with Gasteiger partial charge in [-0.05, 0) is 123 Å². The van der Waals surface area contributed by atoms with Crippen LogP contribution in [0.3, 0.4) is 0 Å². The van der Waals surface area contributed by atoms with Crippen molar-refractivity contribution in [1.82, 2.24) is 14.5 Å². The summed E-state index contributed by atoms with van der Waals surface area (Å²) >= 11 is 6.51. The third-order valence-corrected chi connectivity index (χ3v) is 15.9. The van der Waals surface area contributed by atoms with Crippen molar-refractivity contribution < 1.29 is 23.3 Å². The zero-order chi connectivity index (χ0) is 37.3. The molecule has 1 saturated carbocycles. The van der Waals surface area contributed by atoms with Crippen LogP contribution in [-0.2, 0) is 31.1 Å². The Hall–Kier alpha value is -2.79. The van der Waals surface area contributed by atoms with Crippen molar-refractivity contribution in [2.24, 2.45) is 23.7 Å². The molecule has 1 N–H and O–H groups in total. The van der Waals surface area contributed by atoms with Crippen LogP contribution in [0.2, 0.25) is 5.02 Å². The minimum Gasteiger partial charge on any atom is -0.490 e. The van der Waals surface area contributed by atoms with Crippen LogP contribution in [0.1, 0.15) is 86.7 Å². The lowest BCUT2D eigenvalue weighted by Crippen LogP contribution is -2.50. The number of fused-ring (bicyclic) bond motifs is 4. The number of anilines is 1. The van der Waals surface area contributed by atoms with Gasteiger partial charge in [-0.15, -0.1) is 0 Å². The quantitative estimate of drug-likeness (QED) is 0.363. The van der Waals surface area contributed by atoms with E-state index in [2.05, 4.69) is 39.4 Å². The predicted molar refractivity (Wildman–Crippen MR) is 215 cm³/mol. The Morgan fingerprint density at radius 1 is 1.04 bits per heavy atom. The SMILES string of the molecule is C=S1(=O)NC(=O)c2ccc3c(c2)N(C[C@@H]2CC[C@H]2[C@H](CN2CCC(=O)N(CCOC)CC2)CCC[C@H](C)[C@H]1C)C[C@@]1(CCCc2cc(Cl)ccc21)CO3. The number of aryl methyl sites for hydroxylation is 1. The van der Waals surface area contributed by atoms with Crippen molar-refractivity contribution in [3.05, 3.63) is 58.1 Å². The smallest absolute Gasteiger partial charge is 0.262 e. The largest absolute Gasteiger partial charge is 0.490 e. The number of nitrogens with zero attached hydrogens (tertiary/aromatic N) is 3. The minimum absolute atomic E-state index is 0.136. The summed E-state index contributed by atoms with van der Waals surface area (Å²) in [6, 6.07) is 12.0. The maximum absolute atomic E-state index is 14.0. The summed E-state index contributed by atoms with van der Waals surface area (Å²) in [6.07, 6.45) is 9.05. The molecule has 7 rings (SSSR count). The fourth-order valence-corrected chi connectivity index (χ4v) is 11.6. The number of hydrogen-bond acceptors (Lipinski definition) is 7. The number of amides is 2. The van der Waals surface area contributed by atoms with E-state index in [4.69, 9.17) is 21.1 Å². The third-order valence-electron chi connectivity index (χ3n) is 13.5. The molecule has 3 aliphatic heterocycles. The van der Waals surface area contributed by atoms with Gasteiger partial charge in [0.2, 0.25) is 5.91 Å². The monoisotopic (exact) mass is 766 g/mol. The third kappa shape index (κ3) is 8.26. The van der Waals surface area contributed by atoms with Crippen molar-refractivity contribution in [3.63, 3.8) is 0 Å². The van der Waals surface area contributed by atoms with Crippen molar-refractivity contribution in [2.75, 3.05) is 71.0 Å². The Morgan fingerprint density at radius 2 is 1.89 bits per heavy atom. The molecule has 0 radical (unpaired) electrons. The fourth-order valence-electron chi connectivity index (χ4n) is 9.90. The average molecular weight is 767 g/mol. The molecular formula is C42H59ClN4O5S. The molecule has 5 aliphatic rings. The second kappa shape index (κ2) is 16.1. The molecule has 2 amide bonds. The highest BCUT2D eigenvalue weighted by molar-refractivity contribution is 7.99. The maximum Gasteiger partial charge on any atom is 0.262 e. The topological polar surface area (TPSA) is 91.4 Å². The van der Waals surface area contributed by atoms with E-state index in [1.807, 2.05) is 30.0 Å². The number of hydrogen-bond donors (Lipinski definition) is 1. The predicted octanol–water partition coefficient (Wildman–Crippen LogP) is 6.21. The minimum atomic E-state index is -2.91. The Morgan fingerprint density at radius 3 is 2.68 bits per heavy atom. The van der Waals surface area contributed by atoms with Gasteiger partial charge >= 0.3 is 0 Å². The van der Waals surface area contributed by atoms with Crippen LogP contribution in [0.5, 0.6) is 5.75 Å². The lowest BCUT2D eigenvalue weighted by molar-refractivity contribution is -0.131. The molecule has 1 unspecified atom stereocenters. The van der Waals surface area contributed by atoms with Crippen molar-refractivity contribution in [2.45, 2.75) is 82.3 Å². The van der Waals surface area contributed by atoms with Crippen LogP contribution in [0, 0.1) is 23.7 Å². The second-order valence-electron chi connectivity index (χ2n) is 16.7. The summed E-state index contributed by atoms with van der Waals surface area (Å²) in [7, 11) is -1.22.